The number of thiophene rings is 1. The van der Waals surface area contributed by atoms with Gasteiger partial charge in [0.1, 0.15) is 0 Å². The van der Waals surface area contributed by atoms with Crippen LogP contribution >= 0.6 is 11.3 Å². The molecule has 2 N–H and O–H groups in total. The molecule has 2 nitrogen and oxygen atoms in total. The van der Waals surface area contributed by atoms with Crippen molar-refractivity contribution in [3.8, 4) is 0 Å². The number of nitrogens with zero attached hydrogens (tertiary/aromatic N) is 1. The summed E-state index contributed by atoms with van der Waals surface area (Å²) in [5, 5.41) is 3.23. The summed E-state index contributed by atoms with van der Waals surface area (Å²) in [6.45, 7) is 0. The molecule has 1 aromatic carbocycles. The molecule has 2 heterocycles. The molecular formula is C15H14N2S. The Balaban J connectivity index is 1.89. The van der Waals surface area contributed by atoms with E-state index in [4.69, 9.17) is 5.73 Å². The molecule has 3 rings (SSSR count). The SMILES string of the molecule is NC(Cc1cccs1)c1cnc2ccccc2c1. The molecule has 1 unspecified atom stereocenters. The molecule has 90 valence electrons. The van der Waals surface area contributed by atoms with Crippen molar-refractivity contribution in [1.29, 1.82) is 0 Å². The van der Waals surface area contributed by atoms with Gasteiger partial charge < -0.3 is 5.73 Å². The van der Waals surface area contributed by atoms with Crippen molar-refractivity contribution in [3.63, 3.8) is 0 Å². The highest BCUT2D eigenvalue weighted by Gasteiger charge is 2.09. The third kappa shape index (κ3) is 2.28. The zero-order chi connectivity index (χ0) is 12.4. The second kappa shape index (κ2) is 4.88. The van der Waals surface area contributed by atoms with E-state index in [0.29, 0.717) is 0 Å². The summed E-state index contributed by atoms with van der Waals surface area (Å²) >= 11 is 1.75. The van der Waals surface area contributed by atoms with Gasteiger partial charge >= 0.3 is 0 Å². The van der Waals surface area contributed by atoms with Crippen LogP contribution in [0.2, 0.25) is 0 Å². The molecule has 0 bridgehead atoms. The second-order valence-electron chi connectivity index (χ2n) is 4.35. The molecule has 0 amide bonds. The minimum absolute atomic E-state index is 0.0146. The molecule has 3 aromatic rings. The number of para-hydroxylation sites is 1. The van der Waals surface area contributed by atoms with E-state index in [9.17, 15) is 0 Å². The Morgan fingerprint density at radius 3 is 2.89 bits per heavy atom. The fourth-order valence-corrected chi connectivity index (χ4v) is 2.82. The predicted octanol–water partition coefficient (Wildman–Crippen LogP) is 3.54. The Kier molecular flexibility index (Phi) is 3.09. The van der Waals surface area contributed by atoms with Gasteiger partial charge in [-0.3, -0.25) is 4.98 Å². The maximum Gasteiger partial charge on any atom is 0.0702 e. The third-order valence-electron chi connectivity index (χ3n) is 3.04. The zero-order valence-electron chi connectivity index (χ0n) is 9.91. The normalized spacial score (nSPS) is 12.7. The molecule has 0 fully saturated rings. The fourth-order valence-electron chi connectivity index (χ4n) is 2.05. The summed E-state index contributed by atoms with van der Waals surface area (Å²) < 4.78 is 0. The van der Waals surface area contributed by atoms with Crippen LogP contribution < -0.4 is 5.73 Å². The van der Waals surface area contributed by atoms with E-state index in [0.717, 1.165) is 22.9 Å². The summed E-state index contributed by atoms with van der Waals surface area (Å²) in [7, 11) is 0. The molecular weight excluding hydrogens is 240 g/mol. The van der Waals surface area contributed by atoms with Crippen molar-refractivity contribution in [2.45, 2.75) is 12.5 Å². The molecule has 0 saturated heterocycles. The number of fused-ring (bicyclic) bond motifs is 1. The highest BCUT2D eigenvalue weighted by molar-refractivity contribution is 7.09. The van der Waals surface area contributed by atoms with Gasteiger partial charge in [-0.15, -0.1) is 11.3 Å². The lowest BCUT2D eigenvalue weighted by Gasteiger charge is -2.11. The van der Waals surface area contributed by atoms with E-state index < -0.39 is 0 Å². The first-order chi connectivity index (χ1) is 8.83. The molecule has 0 radical (unpaired) electrons. The standard InChI is InChI=1S/C15H14N2S/c16-14(9-13-5-3-7-18-13)12-8-11-4-1-2-6-15(11)17-10-12/h1-8,10,14H,9,16H2. The van der Waals surface area contributed by atoms with Gasteiger partial charge in [0.25, 0.3) is 0 Å². The topological polar surface area (TPSA) is 38.9 Å². The number of benzene rings is 1. The monoisotopic (exact) mass is 254 g/mol. The van der Waals surface area contributed by atoms with Crippen LogP contribution in [0.15, 0.2) is 54.0 Å². The smallest absolute Gasteiger partial charge is 0.0702 e. The van der Waals surface area contributed by atoms with E-state index in [1.165, 1.54) is 4.88 Å². The van der Waals surface area contributed by atoms with Crippen LogP contribution in [-0.4, -0.2) is 4.98 Å². The Labute approximate surface area is 110 Å². The highest BCUT2D eigenvalue weighted by Crippen LogP contribution is 2.21. The molecule has 3 heteroatoms. The molecule has 0 aliphatic heterocycles. The lowest BCUT2D eigenvalue weighted by atomic mass is 10.0. The number of nitrogens with two attached hydrogens (primary N) is 1. The largest absolute Gasteiger partial charge is 0.324 e. The van der Waals surface area contributed by atoms with Crippen LogP contribution in [0.5, 0.6) is 0 Å². The Morgan fingerprint density at radius 1 is 1.17 bits per heavy atom. The number of hydrogen-bond donors (Lipinski definition) is 1. The van der Waals surface area contributed by atoms with Crippen molar-refractivity contribution in [3.05, 3.63) is 64.5 Å². The van der Waals surface area contributed by atoms with E-state index in [-0.39, 0.29) is 6.04 Å². The fraction of sp³-hybridized carbons (Fsp3) is 0.133. The zero-order valence-corrected chi connectivity index (χ0v) is 10.7. The first-order valence-corrected chi connectivity index (χ1v) is 6.83. The first-order valence-electron chi connectivity index (χ1n) is 5.95. The summed E-state index contributed by atoms with van der Waals surface area (Å²) in [5.41, 5.74) is 8.36. The van der Waals surface area contributed by atoms with Crippen molar-refractivity contribution in [2.75, 3.05) is 0 Å². The van der Waals surface area contributed by atoms with Gasteiger partial charge in [-0.1, -0.05) is 24.3 Å². The number of rotatable bonds is 3. The average molecular weight is 254 g/mol. The van der Waals surface area contributed by atoms with Crippen LogP contribution in [-0.2, 0) is 6.42 Å². The lowest BCUT2D eigenvalue weighted by Crippen LogP contribution is -2.12. The summed E-state index contributed by atoms with van der Waals surface area (Å²) in [5.74, 6) is 0. The molecule has 1 atom stereocenters. The Morgan fingerprint density at radius 2 is 2.06 bits per heavy atom. The Bertz CT molecular complexity index is 646. The molecule has 18 heavy (non-hydrogen) atoms. The summed E-state index contributed by atoms with van der Waals surface area (Å²) in [6.07, 6.45) is 2.76. The van der Waals surface area contributed by atoms with Gasteiger partial charge in [-0.2, -0.15) is 0 Å². The number of hydrogen-bond acceptors (Lipinski definition) is 3. The predicted molar refractivity (Wildman–Crippen MR) is 76.7 cm³/mol. The maximum atomic E-state index is 6.24. The van der Waals surface area contributed by atoms with E-state index in [1.807, 2.05) is 24.4 Å². The first kappa shape index (κ1) is 11.4. The second-order valence-corrected chi connectivity index (χ2v) is 5.38. The van der Waals surface area contributed by atoms with Gasteiger partial charge in [-0.05, 0) is 29.1 Å². The molecule has 0 saturated carbocycles. The minimum Gasteiger partial charge on any atom is -0.324 e. The van der Waals surface area contributed by atoms with Crippen molar-refractivity contribution < 1.29 is 0 Å². The van der Waals surface area contributed by atoms with E-state index in [2.05, 4.69) is 34.6 Å². The van der Waals surface area contributed by atoms with Gasteiger partial charge in [0.05, 0.1) is 5.52 Å². The van der Waals surface area contributed by atoms with Gasteiger partial charge in [-0.25, -0.2) is 0 Å². The minimum atomic E-state index is 0.0146. The average Bonchev–Trinajstić information content (AvgIpc) is 2.91. The van der Waals surface area contributed by atoms with Crippen LogP contribution in [0.3, 0.4) is 0 Å². The van der Waals surface area contributed by atoms with Crippen molar-refractivity contribution in [1.82, 2.24) is 4.98 Å². The number of aromatic nitrogens is 1. The van der Waals surface area contributed by atoms with Crippen molar-refractivity contribution in [2.24, 2.45) is 5.73 Å². The summed E-state index contributed by atoms with van der Waals surface area (Å²) in [6, 6.07) is 14.5. The van der Waals surface area contributed by atoms with E-state index in [1.54, 1.807) is 11.3 Å². The van der Waals surface area contributed by atoms with Crippen LogP contribution in [0.25, 0.3) is 10.9 Å². The highest BCUT2D eigenvalue weighted by atomic mass is 32.1. The molecule has 0 aliphatic carbocycles. The van der Waals surface area contributed by atoms with Crippen LogP contribution in [0, 0.1) is 0 Å². The van der Waals surface area contributed by atoms with E-state index >= 15 is 0 Å². The quantitative estimate of drug-likeness (QED) is 0.776. The van der Waals surface area contributed by atoms with Gasteiger partial charge in [0.15, 0.2) is 0 Å². The molecule has 2 aromatic heterocycles. The van der Waals surface area contributed by atoms with Crippen LogP contribution in [0.4, 0.5) is 0 Å². The van der Waals surface area contributed by atoms with Crippen molar-refractivity contribution >= 4 is 22.2 Å². The molecule has 0 spiro atoms. The van der Waals surface area contributed by atoms with Crippen LogP contribution in [0.1, 0.15) is 16.5 Å². The molecule has 0 aliphatic rings. The van der Waals surface area contributed by atoms with Gasteiger partial charge in [0.2, 0.25) is 0 Å². The van der Waals surface area contributed by atoms with Gasteiger partial charge in [0, 0.05) is 28.9 Å². The maximum absolute atomic E-state index is 6.24. The summed E-state index contributed by atoms with van der Waals surface area (Å²) in [4.78, 5) is 5.77. The number of pyridine rings is 1. The Hall–Kier alpha value is -1.71. The lowest BCUT2D eigenvalue weighted by molar-refractivity contribution is 0.728. The third-order valence-corrected chi connectivity index (χ3v) is 3.94.